The lowest BCUT2D eigenvalue weighted by atomic mass is 10.3. The molecule has 66 valence electrons. The summed E-state index contributed by atoms with van der Waals surface area (Å²) >= 11 is 3.32. The van der Waals surface area contributed by atoms with E-state index in [-0.39, 0.29) is 0 Å². The van der Waals surface area contributed by atoms with Crippen molar-refractivity contribution in [2.24, 2.45) is 0 Å². The minimum atomic E-state index is -0.719. The van der Waals surface area contributed by atoms with Crippen molar-refractivity contribution in [2.75, 3.05) is 0 Å². The van der Waals surface area contributed by atoms with Gasteiger partial charge in [-0.05, 0) is 28.1 Å². The minimum Gasteiger partial charge on any atom is -0.464 e. The van der Waals surface area contributed by atoms with E-state index in [0.717, 1.165) is 4.47 Å². The number of halogens is 1. The molecule has 0 amide bonds. The number of para-hydroxylation sites is 1. The largest absolute Gasteiger partial charge is 0.464 e. The lowest BCUT2D eigenvalue weighted by Gasteiger charge is -2.12. The van der Waals surface area contributed by atoms with Crippen molar-refractivity contribution in [1.82, 2.24) is 0 Å². The molecule has 12 heavy (non-hydrogen) atoms. The second-order valence-corrected chi connectivity index (χ2v) is 3.27. The molecule has 0 spiro atoms. The maximum atomic E-state index is 9.19. The summed E-state index contributed by atoms with van der Waals surface area (Å²) in [6.07, 6.45) is -0.134. The van der Waals surface area contributed by atoms with Gasteiger partial charge in [-0.3, -0.25) is 0 Å². The predicted octanol–water partition coefficient (Wildman–Crippen LogP) is 2.56. The van der Waals surface area contributed by atoms with E-state index in [1.54, 1.807) is 0 Å². The molecule has 1 aromatic rings. The second-order valence-electron chi connectivity index (χ2n) is 2.41. The lowest BCUT2D eigenvalue weighted by molar-refractivity contribution is -0.0196. The molecule has 0 saturated carbocycles. The summed E-state index contributed by atoms with van der Waals surface area (Å²) in [5.74, 6) is 0.673. The summed E-state index contributed by atoms with van der Waals surface area (Å²) in [7, 11) is 0. The second kappa shape index (κ2) is 4.48. The number of aliphatic hydroxyl groups excluding tert-OH is 1. The van der Waals surface area contributed by atoms with Gasteiger partial charge in [-0.15, -0.1) is 0 Å². The maximum Gasteiger partial charge on any atom is 0.197 e. The standard InChI is InChI=1S/C9H11BrO2/c1-2-9(11)12-8-6-4-3-5-7(8)10/h3-6,9,11H,2H2,1H3. The summed E-state index contributed by atoms with van der Waals surface area (Å²) in [5, 5.41) is 9.19. The Kier molecular flexibility index (Phi) is 3.56. The Morgan fingerprint density at radius 3 is 2.75 bits per heavy atom. The Bertz CT molecular complexity index is 250. The number of ether oxygens (including phenoxy) is 1. The van der Waals surface area contributed by atoms with Crippen molar-refractivity contribution in [2.45, 2.75) is 19.6 Å². The van der Waals surface area contributed by atoms with Crippen LogP contribution < -0.4 is 4.74 Å². The topological polar surface area (TPSA) is 29.5 Å². The molecule has 1 aromatic carbocycles. The average molecular weight is 231 g/mol. The summed E-state index contributed by atoms with van der Waals surface area (Å²) in [5.41, 5.74) is 0. The molecule has 0 heterocycles. The van der Waals surface area contributed by atoms with Crippen LogP contribution in [0.3, 0.4) is 0 Å². The van der Waals surface area contributed by atoms with Crippen LogP contribution in [0, 0.1) is 0 Å². The van der Waals surface area contributed by atoms with Gasteiger partial charge in [0.1, 0.15) is 5.75 Å². The molecule has 2 nitrogen and oxygen atoms in total. The van der Waals surface area contributed by atoms with Crippen LogP contribution in [0.2, 0.25) is 0 Å². The van der Waals surface area contributed by atoms with E-state index in [1.807, 2.05) is 31.2 Å². The van der Waals surface area contributed by atoms with E-state index in [0.29, 0.717) is 12.2 Å². The SMILES string of the molecule is CCC(O)Oc1ccccc1Br. The highest BCUT2D eigenvalue weighted by atomic mass is 79.9. The van der Waals surface area contributed by atoms with Crippen molar-refractivity contribution in [3.8, 4) is 5.75 Å². The third-order valence-corrected chi connectivity index (χ3v) is 2.10. The van der Waals surface area contributed by atoms with Gasteiger partial charge in [-0.25, -0.2) is 0 Å². The Labute approximate surface area is 80.3 Å². The van der Waals surface area contributed by atoms with Crippen molar-refractivity contribution in [3.05, 3.63) is 28.7 Å². The van der Waals surface area contributed by atoms with Gasteiger partial charge in [0.2, 0.25) is 0 Å². The first-order valence-electron chi connectivity index (χ1n) is 3.83. The van der Waals surface area contributed by atoms with Crippen LogP contribution in [0.15, 0.2) is 28.7 Å². The molecule has 1 N–H and O–H groups in total. The molecule has 0 saturated heterocycles. The fourth-order valence-electron chi connectivity index (χ4n) is 0.770. The highest BCUT2D eigenvalue weighted by molar-refractivity contribution is 9.10. The van der Waals surface area contributed by atoms with Gasteiger partial charge in [0.15, 0.2) is 6.29 Å². The van der Waals surface area contributed by atoms with Crippen LogP contribution in [0.5, 0.6) is 5.75 Å². The van der Waals surface area contributed by atoms with E-state index in [4.69, 9.17) is 4.74 Å². The van der Waals surface area contributed by atoms with Crippen LogP contribution >= 0.6 is 15.9 Å². The zero-order valence-electron chi connectivity index (χ0n) is 6.83. The van der Waals surface area contributed by atoms with Crippen molar-refractivity contribution < 1.29 is 9.84 Å². The van der Waals surface area contributed by atoms with Crippen LogP contribution in [0.1, 0.15) is 13.3 Å². The molecule has 0 radical (unpaired) electrons. The first-order chi connectivity index (χ1) is 5.74. The molecule has 0 aromatic heterocycles. The first-order valence-corrected chi connectivity index (χ1v) is 4.62. The number of rotatable bonds is 3. The molecular formula is C9H11BrO2. The van der Waals surface area contributed by atoms with Crippen LogP contribution in [0.25, 0.3) is 0 Å². The van der Waals surface area contributed by atoms with Crippen molar-refractivity contribution in [3.63, 3.8) is 0 Å². The first kappa shape index (κ1) is 9.55. The van der Waals surface area contributed by atoms with Gasteiger partial charge < -0.3 is 9.84 Å². The highest BCUT2D eigenvalue weighted by Crippen LogP contribution is 2.24. The Hall–Kier alpha value is -0.540. The fraction of sp³-hybridized carbons (Fsp3) is 0.333. The average Bonchev–Trinajstić information content (AvgIpc) is 2.09. The lowest BCUT2D eigenvalue weighted by Crippen LogP contribution is -2.13. The number of aliphatic hydroxyl groups is 1. The molecule has 1 rings (SSSR count). The van der Waals surface area contributed by atoms with Gasteiger partial charge >= 0.3 is 0 Å². The van der Waals surface area contributed by atoms with Crippen LogP contribution in [0.4, 0.5) is 0 Å². The molecule has 0 bridgehead atoms. The van der Waals surface area contributed by atoms with E-state index in [2.05, 4.69) is 15.9 Å². The molecule has 0 aliphatic carbocycles. The molecule has 0 aliphatic heterocycles. The van der Waals surface area contributed by atoms with Crippen molar-refractivity contribution in [1.29, 1.82) is 0 Å². The third kappa shape index (κ3) is 2.50. The molecule has 0 aliphatic rings. The van der Waals surface area contributed by atoms with Crippen molar-refractivity contribution >= 4 is 15.9 Å². The summed E-state index contributed by atoms with van der Waals surface area (Å²) < 4.78 is 6.06. The van der Waals surface area contributed by atoms with Gasteiger partial charge in [-0.1, -0.05) is 19.1 Å². The van der Waals surface area contributed by atoms with Gasteiger partial charge in [0, 0.05) is 6.42 Å². The van der Waals surface area contributed by atoms with Gasteiger partial charge in [0.05, 0.1) is 4.47 Å². The highest BCUT2D eigenvalue weighted by Gasteiger charge is 2.04. The smallest absolute Gasteiger partial charge is 0.197 e. The maximum absolute atomic E-state index is 9.19. The van der Waals surface area contributed by atoms with E-state index >= 15 is 0 Å². The number of benzene rings is 1. The Morgan fingerprint density at radius 1 is 1.50 bits per heavy atom. The molecule has 1 unspecified atom stereocenters. The molecular weight excluding hydrogens is 220 g/mol. The number of hydrogen-bond donors (Lipinski definition) is 1. The Balaban J connectivity index is 2.69. The Morgan fingerprint density at radius 2 is 2.17 bits per heavy atom. The zero-order valence-corrected chi connectivity index (χ0v) is 8.41. The van der Waals surface area contributed by atoms with E-state index < -0.39 is 6.29 Å². The zero-order chi connectivity index (χ0) is 8.97. The summed E-state index contributed by atoms with van der Waals surface area (Å²) in [4.78, 5) is 0. The molecule has 1 atom stereocenters. The minimum absolute atomic E-state index is 0.585. The van der Waals surface area contributed by atoms with Crippen LogP contribution in [-0.2, 0) is 0 Å². The fourth-order valence-corrected chi connectivity index (χ4v) is 1.15. The normalized spacial score (nSPS) is 12.6. The monoisotopic (exact) mass is 230 g/mol. The van der Waals surface area contributed by atoms with Gasteiger partial charge in [-0.2, -0.15) is 0 Å². The predicted molar refractivity (Wildman–Crippen MR) is 51.1 cm³/mol. The third-order valence-electron chi connectivity index (χ3n) is 1.45. The molecule has 0 fully saturated rings. The van der Waals surface area contributed by atoms with Crippen LogP contribution in [-0.4, -0.2) is 11.4 Å². The summed E-state index contributed by atoms with van der Waals surface area (Å²) in [6.45, 7) is 1.86. The quantitative estimate of drug-likeness (QED) is 0.810. The number of hydrogen-bond acceptors (Lipinski definition) is 2. The van der Waals surface area contributed by atoms with E-state index in [9.17, 15) is 5.11 Å². The van der Waals surface area contributed by atoms with Gasteiger partial charge in [0.25, 0.3) is 0 Å². The summed E-state index contributed by atoms with van der Waals surface area (Å²) in [6, 6.07) is 7.44. The van der Waals surface area contributed by atoms with E-state index in [1.165, 1.54) is 0 Å². The molecule has 3 heteroatoms.